The lowest BCUT2D eigenvalue weighted by atomic mass is 10.0. The van der Waals surface area contributed by atoms with Crippen LogP contribution < -0.4 is 10.6 Å². The van der Waals surface area contributed by atoms with Crippen molar-refractivity contribution in [2.45, 2.75) is 38.3 Å². The normalized spacial score (nSPS) is 17.8. The van der Waals surface area contributed by atoms with E-state index in [1.165, 1.54) is 16.8 Å². The summed E-state index contributed by atoms with van der Waals surface area (Å²) in [6, 6.07) is 5.88. The Hall–Kier alpha value is -2.06. The van der Waals surface area contributed by atoms with Crippen LogP contribution in [0.3, 0.4) is 0 Å². The standard InChI is InChI=1S/C16H21FN6O.ClH/c1-11-20-21-22-23(11)15(9-12-4-6-13(17)7-5-12)16(24)19-10-14-3-2-8-18-14;/h4-7,14-15,18H,2-3,8-10H2,1H3,(H,19,24);1H. The van der Waals surface area contributed by atoms with Gasteiger partial charge in [0.25, 0.3) is 0 Å². The number of carbonyl (C=O) groups excluding carboxylic acids is 1. The van der Waals surface area contributed by atoms with E-state index in [1.807, 2.05) is 0 Å². The minimum absolute atomic E-state index is 0. The van der Waals surface area contributed by atoms with E-state index >= 15 is 0 Å². The average Bonchev–Trinajstić information content (AvgIpc) is 3.24. The van der Waals surface area contributed by atoms with Gasteiger partial charge in [-0.3, -0.25) is 4.79 Å². The van der Waals surface area contributed by atoms with Crippen LogP contribution in [0, 0.1) is 12.7 Å². The first-order valence-corrected chi connectivity index (χ1v) is 8.13. The van der Waals surface area contributed by atoms with Gasteiger partial charge in [0.05, 0.1) is 0 Å². The van der Waals surface area contributed by atoms with E-state index in [0.717, 1.165) is 24.9 Å². The molecule has 1 amide bonds. The maximum absolute atomic E-state index is 13.1. The molecule has 1 aromatic carbocycles. The zero-order valence-corrected chi connectivity index (χ0v) is 14.8. The van der Waals surface area contributed by atoms with Crippen molar-refractivity contribution in [2.75, 3.05) is 13.1 Å². The smallest absolute Gasteiger partial charge is 0.245 e. The van der Waals surface area contributed by atoms with Gasteiger partial charge in [-0.05, 0) is 54.4 Å². The lowest BCUT2D eigenvalue weighted by Crippen LogP contribution is -2.41. The minimum Gasteiger partial charge on any atom is -0.353 e. The monoisotopic (exact) mass is 368 g/mol. The molecule has 1 saturated heterocycles. The van der Waals surface area contributed by atoms with Crippen LogP contribution in [-0.2, 0) is 11.2 Å². The highest BCUT2D eigenvalue weighted by Gasteiger charge is 2.25. The minimum atomic E-state index is -0.563. The predicted molar refractivity (Wildman–Crippen MR) is 93.0 cm³/mol. The third kappa shape index (κ3) is 4.96. The van der Waals surface area contributed by atoms with Crippen LogP contribution in [0.1, 0.15) is 30.3 Å². The van der Waals surface area contributed by atoms with Gasteiger partial charge >= 0.3 is 0 Å². The zero-order valence-electron chi connectivity index (χ0n) is 14.0. The molecule has 0 radical (unpaired) electrons. The number of amides is 1. The molecule has 2 heterocycles. The molecule has 3 rings (SSSR count). The molecule has 0 aliphatic carbocycles. The van der Waals surface area contributed by atoms with Crippen LogP contribution >= 0.6 is 12.4 Å². The first-order chi connectivity index (χ1) is 11.6. The Kier molecular flexibility index (Phi) is 6.83. The van der Waals surface area contributed by atoms with Gasteiger partial charge in [-0.25, -0.2) is 9.07 Å². The highest BCUT2D eigenvalue weighted by molar-refractivity contribution is 5.85. The molecule has 25 heavy (non-hydrogen) atoms. The highest BCUT2D eigenvalue weighted by Crippen LogP contribution is 2.16. The summed E-state index contributed by atoms with van der Waals surface area (Å²) in [6.07, 6.45) is 2.59. The molecule has 0 saturated carbocycles. The zero-order chi connectivity index (χ0) is 16.9. The summed E-state index contributed by atoms with van der Waals surface area (Å²) in [5.74, 6) is 0.130. The number of carbonyl (C=O) groups is 1. The Morgan fingerprint density at radius 3 is 2.80 bits per heavy atom. The van der Waals surface area contributed by atoms with E-state index in [0.29, 0.717) is 24.8 Å². The van der Waals surface area contributed by atoms with Crippen molar-refractivity contribution in [3.63, 3.8) is 0 Å². The summed E-state index contributed by atoms with van der Waals surface area (Å²) >= 11 is 0. The molecule has 0 bridgehead atoms. The maximum Gasteiger partial charge on any atom is 0.245 e. The second-order valence-corrected chi connectivity index (χ2v) is 6.06. The van der Waals surface area contributed by atoms with Gasteiger partial charge in [0.15, 0.2) is 0 Å². The van der Waals surface area contributed by atoms with E-state index in [1.54, 1.807) is 19.1 Å². The topological polar surface area (TPSA) is 84.7 Å². The van der Waals surface area contributed by atoms with Crippen LogP contribution in [0.2, 0.25) is 0 Å². The molecule has 2 atom stereocenters. The number of hydrogen-bond acceptors (Lipinski definition) is 5. The van der Waals surface area contributed by atoms with E-state index in [-0.39, 0.29) is 24.1 Å². The van der Waals surface area contributed by atoms with Crippen molar-refractivity contribution in [1.82, 2.24) is 30.8 Å². The fraction of sp³-hybridized carbons (Fsp3) is 0.500. The van der Waals surface area contributed by atoms with Crippen molar-refractivity contribution >= 4 is 18.3 Å². The fourth-order valence-electron chi connectivity index (χ4n) is 2.93. The van der Waals surface area contributed by atoms with Crippen molar-refractivity contribution in [1.29, 1.82) is 0 Å². The van der Waals surface area contributed by atoms with Gasteiger partial charge in [-0.1, -0.05) is 12.1 Å². The Morgan fingerprint density at radius 2 is 2.20 bits per heavy atom. The molecule has 1 aromatic heterocycles. The number of nitrogens with one attached hydrogen (secondary N) is 2. The average molecular weight is 369 g/mol. The van der Waals surface area contributed by atoms with E-state index in [2.05, 4.69) is 26.2 Å². The third-order valence-corrected chi connectivity index (χ3v) is 4.28. The number of rotatable bonds is 6. The summed E-state index contributed by atoms with van der Waals surface area (Å²) in [5, 5.41) is 17.8. The molecule has 2 N–H and O–H groups in total. The Balaban J connectivity index is 0.00000225. The van der Waals surface area contributed by atoms with Crippen LogP contribution in [-0.4, -0.2) is 45.2 Å². The van der Waals surface area contributed by atoms with E-state index in [9.17, 15) is 9.18 Å². The molecule has 1 aliphatic rings. The summed E-state index contributed by atoms with van der Waals surface area (Å²) in [4.78, 5) is 12.7. The predicted octanol–water partition coefficient (Wildman–Crippen LogP) is 1.19. The van der Waals surface area contributed by atoms with Gasteiger partial charge in [-0.15, -0.1) is 17.5 Å². The van der Waals surface area contributed by atoms with Crippen LogP contribution in [0.25, 0.3) is 0 Å². The summed E-state index contributed by atoms with van der Waals surface area (Å²) < 4.78 is 14.6. The van der Waals surface area contributed by atoms with Gasteiger partial charge < -0.3 is 10.6 Å². The molecule has 7 nitrogen and oxygen atoms in total. The van der Waals surface area contributed by atoms with Gasteiger partial charge in [0.1, 0.15) is 17.7 Å². The number of nitrogens with zero attached hydrogens (tertiary/aromatic N) is 4. The van der Waals surface area contributed by atoms with E-state index in [4.69, 9.17) is 0 Å². The van der Waals surface area contributed by atoms with Crippen molar-refractivity contribution in [3.8, 4) is 0 Å². The molecule has 136 valence electrons. The molecule has 0 spiro atoms. The number of hydrogen-bond donors (Lipinski definition) is 2. The second kappa shape index (κ2) is 8.87. The first-order valence-electron chi connectivity index (χ1n) is 8.13. The lowest BCUT2D eigenvalue weighted by molar-refractivity contribution is -0.124. The van der Waals surface area contributed by atoms with Crippen LogP contribution in [0.4, 0.5) is 4.39 Å². The largest absolute Gasteiger partial charge is 0.353 e. The molecular formula is C16H22ClFN6O. The Morgan fingerprint density at radius 1 is 1.44 bits per heavy atom. The second-order valence-electron chi connectivity index (χ2n) is 6.06. The fourth-order valence-corrected chi connectivity index (χ4v) is 2.93. The molecule has 2 unspecified atom stereocenters. The number of aromatic nitrogens is 4. The Bertz CT molecular complexity index is 686. The Labute approximate surface area is 151 Å². The molecule has 9 heteroatoms. The molecule has 1 fully saturated rings. The SMILES string of the molecule is Cc1nnnn1C(Cc1ccc(F)cc1)C(=O)NCC1CCCN1.Cl. The van der Waals surface area contributed by atoms with Crippen molar-refractivity contribution < 1.29 is 9.18 Å². The first kappa shape index (κ1) is 19.3. The quantitative estimate of drug-likeness (QED) is 0.800. The third-order valence-electron chi connectivity index (χ3n) is 4.28. The van der Waals surface area contributed by atoms with Crippen LogP contribution in [0.5, 0.6) is 0 Å². The number of halogens is 2. The number of aryl methyl sites for hydroxylation is 1. The molecule has 2 aromatic rings. The van der Waals surface area contributed by atoms with Crippen LogP contribution in [0.15, 0.2) is 24.3 Å². The van der Waals surface area contributed by atoms with E-state index < -0.39 is 6.04 Å². The summed E-state index contributed by atoms with van der Waals surface area (Å²) in [5.41, 5.74) is 0.852. The van der Waals surface area contributed by atoms with Gasteiger partial charge in [0.2, 0.25) is 5.91 Å². The van der Waals surface area contributed by atoms with Gasteiger partial charge in [0, 0.05) is 19.0 Å². The van der Waals surface area contributed by atoms with Crippen molar-refractivity contribution in [2.24, 2.45) is 0 Å². The number of tetrazole rings is 1. The molecular weight excluding hydrogens is 347 g/mol. The lowest BCUT2D eigenvalue weighted by Gasteiger charge is -2.19. The number of benzene rings is 1. The molecule has 1 aliphatic heterocycles. The summed E-state index contributed by atoms with van der Waals surface area (Å²) in [7, 11) is 0. The maximum atomic E-state index is 13.1. The van der Waals surface area contributed by atoms with Gasteiger partial charge in [-0.2, -0.15) is 0 Å². The van der Waals surface area contributed by atoms with Crippen molar-refractivity contribution in [3.05, 3.63) is 41.5 Å². The summed E-state index contributed by atoms with van der Waals surface area (Å²) in [6.45, 7) is 3.33. The highest BCUT2D eigenvalue weighted by atomic mass is 35.5.